The Morgan fingerprint density at radius 2 is 1.87 bits per heavy atom. The molecule has 15 heavy (non-hydrogen) atoms. The van der Waals surface area contributed by atoms with Crippen LogP contribution in [0.3, 0.4) is 0 Å². The lowest BCUT2D eigenvalue weighted by Crippen LogP contribution is -2.19. The van der Waals surface area contributed by atoms with Crippen LogP contribution in [0.1, 0.15) is 12.8 Å². The van der Waals surface area contributed by atoms with Crippen molar-refractivity contribution in [2.45, 2.75) is 12.8 Å². The first-order chi connectivity index (χ1) is 7.11. The van der Waals surface area contributed by atoms with Crippen molar-refractivity contribution in [1.82, 2.24) is 0 Å². The summed E-state index contributed by atoms with van der Waals surface area (Å²) < 4.78 is 26.4. The highest BCUT2D eigenvalue weighted by atomic mass is 79.9. The minimum Gasteiger partial charge on any atom is -0.369 e. The molecule has 1 fully saturated rings. The highest BCUT2D eigenvalue weighted by Gasteiger charge is 2.22. The van der Waals surface area contributed by atoms with Crippen molar-refractivity contribution in [1.29, 1.82) is 0 Å². The van der Waals surface area contributed by atoms with Gasteiger partial charge in [-0.25, -0.2) is 8.78 Å². The maximum atomic E-state index is 13.3. The predicted octanol–water partition coefficient (Wildman–Crippen LogP) is 3.98. The molecule has 0 saturated carbocycles. The number of hydrogen-bond donors (Lipinski definition) is 0. The van der Waals surface area contributed by atoms with Gasteiger partial charge in [0.2, 0.25) is 0 Å². The van der Waals surface area contributed by atoms with E-state index in [9.17, 15) is 8.78 Å². The summed E-state index contributed by atoms with van der Waals surface area (Å²) in [5.41, 5.74) is 0.563. The largest absolute Gasteiger partial charge is 0.369 e. The third-order valence-electron chi connectivity index (χ3n) is 2.51. The van der Waals surface area contributed by atoms with Crippen molar-refractivity contribution in [2.24, 2.45) is 0 Å². The lowest BCUT2D eigenvalue weighted by atomic mass is 10.2. The van der Waals surface area contributed by atoms with Gasteiger partial charge < -0.3 is 4.90 Å². The molecule has 1 aliphatic heterocycles. The predicted molar refractivity (Wildman–Crippen MR) is 60.5 cm³/mol. The van der Waals surface area contributed by atoms with E-state index in [1.807, 2.05) is 4.90 Å². The number of rotatable bonds is 1. The van der Waals surface area contributed by atoms with Gasteiger partial charge in [0.1, 0.15) is 0 Å². The third-order valence-corrected chi connectivity index (χ3v) is 3.52. The van der Waals surface area contributed by atoms with E-state index in [1.54, 1.807) is 0 Å². The van der Waals surface area contributed by atoms with Gasteiger partial charge in [0.05, 0.1) is 15.2 Å². The van der Waals surface area contributed by atoms with Gasteiger partial charge in [-0.1, -0.05) is 11.6 Å². The Kier molecular flexibility index (Phi) is 3.16. The van der Waals surface area contributed by atoms with Crippen LogP contribution in [-0.4, -0.2) is 13.1 Å². The highest BCUT2D eigenvalue weighted by molar-refractivity contribution is 9.10. The quantitative estimate of drug-likeness (QED) is 0.560. The van der Waals surface area contributed by atoms with E-state index in [-0.39, 0.29) is 9.50 Å². The van der Waals surface area contributed by atoms with Crippen LogP contribution in [0.15, 0.2) is 10.5 Å². The van der Waals surface area contributed by atoms with Gasteiger partial charge in [-0.15, -0.1) is 0 Å². The molecule has 1 aromatic carbocycles. The molecule has 1 nitrogen and oxygen atoms in total. The van der Waals surface area contributed by atoms with Gasteiger partial charge in [-0.05, 0) is 34.8 Å². The number of halogens is 4. The number of hydrogen-bond acceptors (Lipinski definition) is 1. The van der Waals surface area contributed by atoms with Gasteiger partial charge in [0.25, 0.3) is 0 Å². The van der Waals surface area contributed by atoms with Crippen LogP contribution in [0.25, 0.3) is 0 Å². The van der Waals surface area contributed by atoms with Crippen LogP contribution in [0.4, 0.5) is 14.5 Å². The number of benzene rings is 1. The van der Waals surface area contributed by atoms with E-state index in [0.717, 1.165) is 32.0 Å². The Hall–Kier alpha value is -0.350. The zero-order valence-electron chi connectivity index (χ0n) is 7.86. The van der Waals surface area contributed by atoms with Crippen LogP contribution < -0.4 is 4.90 Å². The standard InChI is InChI=1S/C10H9BrClF2N/c11-8-9(14)7(13)5-6(12)10(8)15-3-1-2-4-15/h5H,1-4H2. The molecule has 1 aromatic rings. The van der Waals surface area contributed by atoms with Gasteiger partial charge in [-0.2, -0.15) is 0 Å². The molecular formula is C10H9BrClF2N. The summed E-state index contributed by atoms with van der Waals surface area (Å²) in [7, 11) is 0. The smallest absolute Gasteiger partial charge is 0.175 e. The van der Waals surface area contributed by atoms with E-state index in [1.165, 1.54) is 0 Å². The van der Waals surface area contributed by atoms with E-state index < -0.39 is 11.6 Å². The molecule has 0 unspecified atom stereocenters. The summed E-state index contributed by atoms with van der Waals surface area (Å²) in [5, 5.41) is 0.252. The van der Waals surface area contributed by atoms with Crippen LogP contribution in [0, 0.1) is 11.6 Å². The second-order valence-corrected chi connectivity index (χ2v) is 4.71. The minimum atomic E-state index is -0.921. The van der Waals surface area contributed by atoms with E-state index in [2.05, 4.69) is 15.9 Å². The fourth-order valence-corrected chi connectivity index (χ4v) is 2.86. The van der Waals surface area contributed by atoms with Gasteiger partial charge in [0, 0.05) is 13.1 Å². The zero-order valence-corrected chi connectivity index (χ0v) is 10.2. The monoisotopic (exact) mass is 295 g/mol. The second-order valence-electron chi connectivity index (χ2n) is 3.51. The Morgan fingerprint density at radius 3 is 2.47 bits per heavy atom. The van der Waals surface area contributed by atoms with E-state index in [4.69, 9.17) is 11.6 Å². The Bertz CT molecular complexity index is 391. The first-order valence-electron chi connectivity index (χ1n) is 4.69. The minimum absolute atomic E-state index is 0.120. The second kappa shape index (κ2) is 4.26. The van der Waals surface area contributed by atoms with Gasteiger partial charge >= 0.3 is 0 Å². The zero-order chi connectivity index (χ0) is 11.0. The number of anilines is 1. The molecule has 0 aromatic heterocycles. The molecule has 5 heteroatoms. The molecule has 0 spiro atoms. The van der Waals surface area contributed by atoms with Crippen molar-refractivity contribution >= 4 is 33.2 Å². The lowest BCUT2D eigenvalue weighted by Gasteiger charge is -2.21. The first-order valence-corrected chi connectivity index (χ1v) is 5.86. The summed E-state index contributed by atoms with van der Waals surface area (Å²) >= 11 is 8.96. The summed E-state index contributed by atoms with van der Waals surface area (Å²) in [6, 6.07) is 1.02. The average molecular weight is 297 g/mol. The van der Waals surface area contributed by atoms with Crippen molar-refractivity contribution < 1.29 is 8.78 Å². The van der Waals surface area contributed by atoms with E-state index >= 15 is 0 Å². The molecule has 1 saturated heterocycles. The van der Waals surface area contributed by atoms with Crippen LogP contribution >= 0.6 is 27.5 Å². The van der Waals surface area contributed by atoms with Crippen molar-refractivity contribution in [2.75, 3.05) is 18.0 Å². The normalized spacial score (nSPS) is 16.1. The summed E-state index contributed by atoms with van der Waals surface area (Å²) in [5.74, 6) is -1.80. The molecule has 0 N–H and O–H groups in total. The molecule has 0 bridgehead atoms. The molecule has 82 valence electrons. The molecule has 2 rings (SSSR count). The lowest BCUT2D eigenvalue weighted by molar-refractivity contribution is 0.504. The molecule has 0 radical (unpaired) electrons. The van der Waals surface area contributed by atoms with Crippen LogP contribution in [0.5, 0.6) is 0 Å². The van der Waals surface area contributed by atoms with Gasteiger partial charge in [0.15, 0.2) is 11.6 Å². The van der Waals surface area contributed by atoms with Crippen molar-refractivity contribution in [3.8, 4) is 0 Å². The topological polar surface area (TPSA) is 3.24 Å². The Balaban J connectivity index is 2.50. The fraction of sp³-hybridized carbons (Fsp3) is 0.400. The summed E-state index contributed by atoms with van der Waals surface area (Å²) in [6.07, 6.45) is 2.11. The maximum absolute atomic E-state index is 13.3. The molecule has 0 amide bonds. The van der Waals surface area contributed by atoms with Crippen LogP contribution in [-0.2, 0) is 0 Å². The SMILES string of the molecule is Fc1cc(Cl)c(N2CCCC2)c(Br)c1F. The Morgan fingerprint density at radius 1 is 1.27 bits per heavy atom. The Labute approximate surface area is 100 Å². The van der Waals surface area contributed by atoms with Gasteiger partial charge in [-0.3, -0.25) is 0 Å². The molecule has 0 aliphatic carbocycles. The summed E-state index contributed by atoms with van der Waals surface area (Å²) in [4.78, 5) is 1.97. The maximum Gasteiger partial charge on any atom is 0.175 e. The molecular weight excluding hydrogens is 287 g/mol. The molecule has 1 aliphatic rings. The third kappa shape index (κ3) is 1.97. The van der Waals surface area contributed by atoms with Crippen LogP contribution in [0.2, 0.25) is 5.02 Å². The summed E-state index contributed by atoms with van der Waals surface area (Å²) in [6.45, 7) is 1.67. The average Bonchev–Trinajstić information content (AvgIpc) is 2.68. The molecule has 1 heterocycles. The van der Waals surface area contributed by atoms with E-state index in [0.29, 0.717) is 5.69 Å². The van der Waals surface area contributed by atoms with Crippen molar-refractivity contribution in [3.05, 3.63) is 27.2 Å². The fourth-order valence-electron chi connectivity index (χ4n) is 1.79. The number of nitrogens with zero attached hydrogens (tertiary/aromatic N) is 1. The molecule has 0 atom stereocenters. The highest BCUT2D eigenvalue weighted by Crippen LogP contribution is 2.38. The van der Waals surface area contributed by atoms with Crippen molar-refractivity contribution in [3.63, 3.8) is 0 Å². The first kappa shape index (κ1) is 11.1.